The predicted molar refractivity (Wildman–Crippen MR) is 74.8 cm³/mol. The third-order valence-corrected chi connectivity index (χ3v) is 3.39. The molecule has 0 saturated heterocycles. The van der Waals surface area contributed by atoms with Crippen LogP contribution in [0.3, 0.4) is 0 Å². The largest absolute Gasteiger partial charge is 0.456 e. The van der Waals surface area contributed by atoms with Gasteiger partial charge in [-0.05, 0) is 52.7 Å². The Hall–Kier alpha value is -1.69. The molecule has 0 aliphatic carbocycles. The Morgan fingerprint density at radius 3 is 2.35 bits per heavy atom. The number of hydrogen-bond acceptors (Lipinski definition) is 2. The fourth-order valence-corrected chi connectivity index (χ4v) is 2.02. The van der Waals surface area contributed by atoms with Crippen molar-refractivity contribution in [1.82, 2.24) is 0 Å². The van der Waals surface area contributed by atoms with Crippen molar-refractivity contribution in [1.29, 1.82) is 0 Å². The summed E-state index contributed by atoms with van der Waals surface area (Å²) in [6, 6.07) is 8.87. The van der Waals surface area contributed by atoms with Gasteiger partial charge in [0.25, 0.3) is 0 Å². The van der Waals surface area contributed by atoms with Crippen LogP contribution in [0.2, 0.25) is 0 Å². The number of hydrogen-bond donors (Lipinski definition) is 1. The predicted octanol–water partition coefficient (Wildman–Crippen LogP) is 5.15. The van der Waals surface area contributed by atoms with E-state index in [-0.39, 0.29) is 11.4 Å². The number of anilines is 1. The number of nitrogens with two attached hydrogens (primary N) is 1. The first-order chi connectivity index (χ1) is 9.29. The van der Waals surface area contributed by atoms with E-state index >= 15 is 0 Å². The van der Waals surface area contributed by atoms with E-state index < -0.39 is 11.7 Å². The molecule has 2 N–H and O–H groups in total. The van der Waals surface area contributed by atoms with Gasteiger partial charge in [-0.2, -0.15) is 13.2 Å². The Morgan fingerprint density at radius 2 is 1.75 bits per heavy atom. The van der Waals surface area contributed by atoms with E-state index in [1.165, 1.54) is 6.07 Å². The molecule has 2 aromatic carbocycles. The summed E-state index contributed by atoms with van der Waals surface area (Å²) in [5.41, 5.74) is 5.26. The minimum absolute atomic E-state index is 0.0804. The van der Waals surface area contributed by atoms with E-state index in [0.29, 0.717) is 15.8 Å². The SMILES string of the molecule is Cc1cc(Oc2ccccc2Br)c(C(F)(F)F)cc1N. The third-order valence-electron chi connectivity index (χ3n) is 2.73. The standard InChI is InChI=1S/C14H11BrF3NO/c1-8-6-13(9(7-11(8)19)14(16,17)18)20-12-5-3-2-4-10(12)15/h2-7H,19H2,1H3. The first-order valence-corrected chi connectivity index (χ1v) is 6.48. The Labute approximate surface area is 122 Å². The number of alkyl halides is 3. The fourth-order valence-electron chi connectivity index (χ4n) is 1.65. The zero-order chi connectivity index (χ0) is 14.9. The number of rotatable bonds is 2. The van der Waals surface area contributed by atoms with Crippen molar-refractivity contribution in [3.63, 3.8) is 0 Å². The van der Waals surface area contributed by atoms with Crippen LogP contribution in [0.1, 0.15) is 11.1 Å². The minimum Gasteiger partial charge on any atom is -0.456 e. The van der Waals surface area contributed by atoms with Crippen LogP contribution in [0.5, 0.6) is 11.5 Å². The van der Waals surface area contributed by atoms with Gasteiger partial charge in [0.2, 0.25) is 0 Å². The summed E-state index contributed by atoms with van der Waals surface area (Å²) in [5, 5.41) is 0. The average molecular weight is 346 g/mol. The van der Waals surface area contributed by atoms with Crippen molar-refractivity contribution >= 4 is 21.6 Å². The van der Waals surface area contributed by atoms with E-state index in [9.17, 15) is 13.2 Å². The molecular formula is C14H11BrF3NO. The van der Waals surface area contributed by atoms with Gasteiger partial charge in [-0.25, -0.2) is 0 Å². The van der Waals surface area contributed by atoms with Gasteiger partial charge >= 0.3 is 6.18 Å². The Bertz CT molecular complexity index is 641. The smallest absolute Gasteiger partial charge is 0.420 e. The summed E-state index contributed by atoms with van der Waals surface area (Å²) < 4.78 is 45.0. The highest BCUT2D eigenvalue weighted by molar-refractivity contribution is 9.10. The molecule has 106 valence electrons. The highest BCUT2D eigenvalue weighted by atomic mass is 79.9. The highest BCUT2D eigenvalue weighted by Gasteiger charge is 2.35. The lowest BCUT2D eigenvalue weighted by molar-refractivity contribution is -0.138. The number of halogens is 4. The molecule has 0 aliphatic heterocycles. The second-order valence-electron chi connectivity index (χ2n) is 4.24. The van der Waals surface area contributed by atoms with E-state index in [4.69, 9.17) is 10.5 Å². The summed E-state index contributed by atoms with van der Waals surface area (Å²) >= 11 is 3.23. The zero-order valence-corrected chi connectivity index (χ0v) is 12.0. The lowest BCUT2D eigenvalue weighted by Gasteiger charge is -2.16. The second-order valence-corrected chi connectivity index (χ2v) is 5.09. The van der Waals surface area contributed by atoms with Crippen LogP contribution in [0.25, 0.3) is 0 Å². The number of ether oxygens (including phenoxy) is 1. The summed E-state index contributed by atoms with van der Waals surface area (Å²) in [7, 11) is 0. The van der Waals surface area contributed by atoms with Crippen LogP contribution >= 0.6 is 15.9 Å². The molecule has 0 spiro atoms. The van der Waals surface area contributed by atoms with Gasteiger partial charge in [0.15, 0.2) is 0 Å². The van der Waals surface area contributed by atoms with Crippen LogP contribution in [-0.2, 0) is 6.18 Å². The average Bonchev–Trinajstić information content (AvgIpc) is 2.35. The molecule has 0 heterocycles. The third kappa shape index (κ3) is 3.07. The minimum atomic E-state index is -4.53. The molecule has 2 nitrogen and oxygen atoms in total. The Kier molecular flexibility index (Phi) is 3.94. The van der Waals surface area contributed by atoms with E-state index in [1.54, 1.807) is 31.2 Å². The molecule has 2 aromatic rings. The first-order valence-electron chi connectivity index (χ1n) is 5.68. The monoisotopic (exact) mass is 345 g/mol. The van der Waals surface area contributed by atoms with Crippen LogP contribution in [-0.4, -0.2) is 0 Å². The Balaban J connectivity index is 2.51. The Morgan fingerprint density at radius 1 is 1.10 bits per heavy atom. The molecule has 0 bridgehead atoms. The summed E-state index contributed by atoms with van der Waals surface area (Å²) in [6.45, 7) is 1.63. The highest BCUT2D eigenvalue weighted by Crippen LogP contribution is 2.41. The molecule has 6 heteroatoms. The first kappa shape index (κ1) is 14.7. The number of benzene rings is 2. The van der Waals surface area contributed by atoms with Crippen LogP contribution in [0, 0.1) is 6.92 Å². The van der Waals surface area contributed by atoms with Crippen LogP contribution in [0.4, 0.5) is 18.9 Å². The molecule has 0 amide bonds. The summed E-state index contributed by atoms with van der Waals surface area (Å²) in [4.78, 5) is 0. The number of aryl methyl sites for hydroxylation is 1. The van der Waals surface area contributed by atoms with Gasteiger partial charge in [0.1, 0.15) is 17.1 Å². The maximum Gasteiger partial charge on any atom is 0.420 e. The molecule has 0 unspecified atom stereocenters. The summed E-state index contributed by atoms with van der Waals surface area (Å²) in [6.07, 6.45) is -4.53. The van der Waals surface area contributed by atoms with Crippen LogP contribution in [0.15, 0.2) is 40.9 Å². The van der Waals surface area contributed by atoms with Crippen molar-refractivity contribution < 1.29 is 17.9 Å². The number of nitrogen functional groups attached to an aromatic ring is 1. The summed E-state index contributed by atoms with van der Waals surface area (Å²) in [5.74, 6) is 0.0401. The maximum absolute atomic E-state index is 13.0. The van der Waals surface area contributed by atoms with E-state index in [1.807, 2.05) is 0 Å². The van der Waals surface area contributed by atoms with Gasteiger partial charge in [0.05, 0.1) is 4.47 Å². The zero-order valence-electron chi connectivity index (χ0n) is 10.5. The van der Waals surface area contributed by atoms with Crippen molar-refractivity contribution in [3.8, 4) is 11.5 Å². The number of para-hydroxylation sites is 1. The molecule has 20 heavy (non-hydrogen) atoms. The van der Waals surface area contributed by atoms with Crippen molar-refractivity contribution in [2.24, 2.45) is 0 Å². The quantitative estimate of drug-likeness (QED) is 0.763. The maximum atomic E-state index is 13.0. The lowest BCUT2D eigenvalue weighted by atomic mass is 10.1. The van der Waals surface area contributed by atoms with Crippen molar-refractivity contribution in [2.75, 3.05) is 5.73 Å². The molecular weight excluding hydrogens is 335 g/mol. The fraction of sp³-hybridized carbons (Fsp3) is 0.143. The van der Waals surface area contributed by atoms with Crippen molar-refractivity contribution in [3.05, 3.63) is 52.0 Å². The van der Waals surface area contributed by atoms with Crippen molar-refractivity contribution in [2.45, 2.75) is 13.1 Å². The topological polar surface area (TPSA) is 35.2 Å². The molecule has 0 aromatic heterocycles. The van der Waals surface area contributed by atoms with Gasteiger partial charge in [-0.1, -0.05) is 12.1 Å². The second kappa shape index (κ2) is 5.36. The van der Waals surface area contributed by atoms with Gasteiger partial charge in [-0.3, -0.25) is 0 Å². The molecule has 2 rings (SSSR count). The normalized spacial score (nSPS) is 11.4. The van der Waals surface area contributed by atoms with Gasteiger partial charge in [0, 0.05) is 5.69 Å². The molecule has 0 radical (unpaired) electrons. The van der Waals surface area contributed by atoms with Gasteiger partial charge in [-0.15, -0.1) is 0 Å². The van der Waals surface area contributed by atoms with Gasteiger partial charge < -0.3 is 10.5 Å². The molecule has 0 aliphatic rings. The molecule has 0 atom stereocenters. The van der Waals surface area contributed by atoms with Crippen LogP contribution < -0.4 is 10.5 Å². The molecule has 0 fully saturated rings. The lowest BCUT2D eigenvalue weighted by Crippen LogP contribution is -2.09. The molecule has 0 saturated carbocycles. The van der Waals surface area contributed by atoms with E-state index in [0.717, 1.165) is 6.07 Å². The van der Waals surface area contributed by atoms with E-state index in [2.05, 4.69) is 15.9 Å².